The average Bonchev–Trinajstić information content (AvgIpc) is 2.67. The summed E-state index contributed by atoms with van der Waals surface area (Å²) in [7, 11) is -1.02. The first kappa shape index (κ1) is 13.1. The van der Waals surface area contributed by atoms with Crippen molar-refractivity contribution in [1.29, 1.82) is 0 Å². The molecule has 3 rings (SSSR count). The Morgan fingerprint density at radius 2 is 1.70 bits per heavy atom. The highest BCUT2D eigenvalue weighted by atomic mass is 32.2. The van der Waals surface area contributed by atoms with Crippen molar-refractivity contribution in [2.24, 2.45) is 0 Å². The molecule has 1 unspecified atom stereocenters. The maximum absolute atomic E-state index is 12.6. The molecule has 0 spiro atoms. The SMILES string of the molecule is O=C(c1ccccc1)N1CCCS(=O)c2ccccc21. The van der Waals surface area contributed by atoms with Crippen molar-refractivity contribution in [3.63, 3.8) is 0 Å². The fraction of sp³-hybridized carbons (Fsp3) is 0.188. The maximum atomic E-state index is 12.6. The summed E-state index contributed by atoms with van der Waals surface area (Å²) in [5.41, 5.74) is 1.44. The number of hydrogen-bond donors (Lipinski definition) is 0. The van der Waals surface area contributed by atoms with Crippen molar-refractivity contribution in [3.05, 3.63) is 60.2 Å². The summed E-state index contributed by atoms with van der Waals surface area (Å²) < 4.78 is 12.2. The van der Waals surface area contributed by atoms with Gasteiger partial charge in [-0.05, 0) is 30.7 Å². The number of rotatable bonds is 1. The zero-order valence-corrected chi connectivity index (χ0v) is 11.8. The molecule has 2 aromatic carbocycles. The lowest BCUT2D eigenvalue weighted by molar-refractivity contribution is 0.0986. The highest BCUT2D eigenvalue weighted by molar-refractivity contribution is 7.85. The molecule has 0 N–H and O–H groups in total. The fourth-order valence-electron chi connectivity index (χ4n) is 2.40. The van der Waals surface area contributed by atoms with Gasteiger partial charge in [-0.15, -0.1) is 0 Å². The molecule has 0 fully saturated rings. The Balaban J connectivity index is 2.04. The van der Waals surface area contributed by atoms with Gasteiger partial charge in [0.15, 0.2) is 0 Å². The number of amides is 1. The van der Waals surface area contributed by atoms with E-state index in [0.717, 1.165) is 17.0 Å². The van der Waals surface area contributed by atoms with Gasteiger partial charge in [-0.3, -0.25) is 9.00 Å². The minimum absolute atomic E-state index is 0.0306. The minimum Gasteiger partial charge on any atom is -0.307 e. The second-order valence-corrected chi connectivity index (χ2v) is 6.23. The van der Waals surface area contributed by atoms with E-state index in [1.54, 1.807) is 4.90 Å². The zero-order valence-electron chi connectivity index (χ0n) is 11.0. The van der Waals surface area contributed by atoms with Crippen LogP contribution in [0.4, 0.5) is 5.69 Å². The zero-order chi connectivity index (χ0) is 13.9. The van der Waals surface area contributed by atoms with Crippen LogP contribution in [0.25, 0.3) is 0 Å². The second kappa shape index (κ2) is 5.59. The number of carbonyl (C=O) groups excluding carboxylic acids is 1. The summed E-state index contributed by atoms with van der Waals surface area (Å²) in [6, 6.07) is 16.7. The molecule has 0 aliphatic carbocycles. The predicted octanol–water partition coefficient (Wildman–Crippen LogP) is 2.84. The van der Waals surface area contributed by atoms with Crippen LogP contribution in [0.3, 0.4) is 0 Å². The Labute approximate surface area is 120 Å². The number of para-hydroxylation sites is 1. The van der Waals surface area contributed by atoms with Crippen LogP contribution in [-0.2, 0) is 10.8 Å². The lowest BCUT2D eigenvalue weighted by Crippen LogP contribution is -2.31. The Hall–Kier alpha value is -1.94. The van der Waals surface area contributed by atoms with Crippen molar-refractivity contribution in [1.82, 2.24) is 0 Å². The molecule has 0 aromatic heterocycles. The first-order chi connectivity index (χ1) is 9.77. The fourth-order valence-corrected chi connectivity index (χ4v) is 3.66. The molecule has 3 nitrogen and oxygen atoms in total. The standard InChI is InChI=1S/C16H15NO2S/c18-16(13-7-2-1-3-8-13)17-11-6-12-20(19)15-10-5-4-9-14(15)17/h1-5,7-10H,6,11-12H2. The minimum atomic E-state index is -1.02. The molecular weight excluding hydrogens is 270 g/mol. The number of nitrogens with zero attached hydrogens (tertiary/aromatic N) is 1. The van der Waals surface area contributed by atoms with Crippen LogP contribution in [0.1, 0.15) is 16.8 Å². The highest BCUT2D eigenvalue weighted by Gasteiger charge is 2.24. The largest absolute Gasteiger partial charge is 0.307 e. The van der Waals surface area contributed by atoms with Gasteiger partial charge >= 0.3 is 0 Å². The van der Waals surface area contributed by atoms with Gasteiger partial charge in [0.05, 0.1) is 21.4 Å². The van der Waals surface area contributed by atoms with E-state index in [-0.39, 0.29) is 5.91 Å². The van der Waals surface area contributed by atoms with Crippen LogP contribution in [0.5, 0.6) is 0 Å². The van der Waals surface area contributed by atoms with E-state index in [9.17, 15) is 9.00 Å². The van der Waals surface area contributed by atoms with Gasteiger partial charge in [0, 0.05) is 17.9 Å². The lowest BCUT2D eigenvalue weighted by atomic mass is 10.1. The molecule has 0 radical (unpaired) electrons. The number of hydrogen-bond acceptors (Lipinski definition) is 2. The predicted molar refractivity (Wildman–Crippen MR) is 80.5 cm³/mol. The molecule has 0 bridgehead atoms. The van der Waals surface area contributed by atoms with E-state index >= 15 is 0 Å². The van der Waals surface area contributed by atoms with Crippen molar-refractivity contribution < 1.29 is 9.00 Å². The highest BCUT2D eigenvalue weighted by Crippen LogP contribution is 2.28. The molecule has 1 aliphatic heterocycles. The first-order valence-electron chi connectivity index (χ1n) is 6.62. The van der Waals surface area contributed by atoms with E-state index in [0.29, 0.717) is 17.9 Å². The number of carbonyl (C=O) groups is 1. The van der Waals surface area contributed by atoms with Crippen LogP contribution in [0, 0.1) is 0 Å². The van der Waals surface area contributed by atoms with Gasteiger partial charge in [-0.1, -0.05) is 30.3 Å². The van der Waals surface area contributed by atoms with Crippen molar-refractivity contribution in [2.45, 2.75) is 11.3 Å². The average molecular weight is 285 g/mol. The summed E-state index contributed by atoms with van der Waals surface area (Å²) in [6.45, 7) is 0.608. The molecule has 1 aliphatic rings. The third kappa shape index (κ3) is 2.39. The molecule has 1 heterocycles. The van der Waals surface area contributed by atoms with Crippen molar-refractivity contribution in [3.8, 4) is 0 Å². The van der Waals surface area contributed by atoms with E-state index in [4.69, 9.17) is 0 Å². The maximum Gasteiger partial charge on any atom is 0.258 e. The molecule has 2 aromatic rings. The smallest absolute Gasteiger partial charge is 0.258 e. The van der Waals surface area contributed by atoms with E-state index < -0.39 is 10.8 Å². The quantitative estimate of drug-likeness (QED) is 0.808. The molecule has 0 saturated carbocycles. The molecular formula is C16H15NO2S. The monoisotopic (exact) mass is 285 g/mol. The van der Waals surface area contributed by atoms with Gasteiger partial charge in [-0.25, -0.2) is 0 Å². The Morgan fingerprint density at radius 3 is 2.50 bits per heavy atom. The Bertz CT molecular complexity index is 655. The van der Waals surface area contributed by atoms with Crippen LogP contribution in [0.15, 0.2) is 59.5 Å². The van der Waals surface area contributed by atoms with Gasteiger partial charge < -0.3 is 4.90 Å². The topological polar surface area (TPSA) is 37.4 Å². The van der Waals surface area contributed by atoms with Gasteiger partial charge in [-0.2, -0.15) is 0 Å². The molecule has 20 heavy (non-hydrogen) atoms. The van der Waals surface area contributed by atoms with E-state index in [1.165, 1.54) is 0 Å². The Kier molecular flexibility index (Phi) is 3.65. The van der Waals surface area contributed by atoms with E-state index in [2.05, 4.69) is 0 Å². The third-order valence-electron chi connectivity index (χ3n) is 3.38. The van der Waals surface area contributed by atoms with Crippen LogP contribution < -0.4 is 4.90 Å². The summed E-state index contributed by atoms with van der Waals surface area (Å²) in [6.07, 6.45) is 0.750. The Morgan fingerprint density at radius 1 is 1.00 bits per heavy atom. The van der Waals surface area contributed by atoms with Crippen molar-refractivity contribution >= 4 is 22.4 Å². The van der Waals surface area contributed by atoms with Crippen LogP contribution in [-0.4, -0.2) is 22.4 Å². The number of anilines is 1. The third-order valence-corrected chi connectivity index (χ3v) is 4.87. The van der Waals surface area contributed by atoms with Crippen LogP contribution in [0.2, 0.25) is 0 Å². The number of fused-ring (bicyclic) bond motifs is 1. The summed E-state index contributed by atoms with van der Waals surface area (Å²) >= 11 is 0. The van der Waals surface area contributed by atoms with E-state index in [1.807, 2.05) is 54.6 Å². The lowest BCUT2D eigenvalue weighted by Gasteiger charge is -2.22. The molecule has 102 valence electrons. The summed E-state index contributed by atoms with van der Waals surface area (Å²) in [5, 5.41) is 0. The first-order valence-corrected chi connectivity index (χ1v) is 7.93. The summed E-state index contributed by atoms with van der Waals surface area (Å²) in [5.74, 6) is 0.576. The number of benzene rings is 2. The normalized spacial score (nSPS) is 18.2. The van der Waals surface area contributed by atoms with Crippen LogP contribution >= 0.6 is 0 Å². The van der Waals surface area contributed by atoms with Crippen molar-refractivity contribution in [2.75, 3.05) is 17.2 Å². The van der Waals surface area contributed by atoms with Gasteiger partial charge in [0.25, 0.3) is 5.91 Å². The molecule has 1 atom stereocenters. The molecule has 1 amide bonds. The van der Waals surface area contributed by atoms with Gasteiger partial charge in [0.2, 0.25) is 0 Å². The summed E-state index contributed by atoms with van der Waals surface area (Å²) in [4.78, 5) is 15.2. The molecule has 4 heteroatoms. The second-order valence-electron chi connectivity index (χ2n) is 4.69. The van der Waals surface area contributed by atoms with Gasteiger partial charge in [0.1, 0.15) is 0 Å². The molecule has 0 saturated heterocycles.